The average molecular weight is 233 g/mol. The monoisotopic (exact) mass is 233 g/mol. The van der Waals surface area contributed by atoms with E-state index in [0.29, 0.717) is 6.54 Å². The molecule has 2 aromatic rings. The van der Waals surface area contributed by atoms with Gasteiger partial charge < -0.3 is 10.1 Å². The molecule has 2 N–H and O–H groups in total. The first-order valence-electron chi connectivity index (χ1n) is 5.40. The summed E-state index contributed by atoms with van der Waals surface area (Å²) in [5.74, 6) is 0.0713. The number of imidazole rings is 1. The maximum Gasteiger partial charge on any atom is 0.317 e. The number of aryl methyl sites for hydroxylation is 1. The van der Waals surface area contributed by atoms with Crippen LogP contribution in [0.1, 0.15) is 11.4 Å². The number of hydrogen-bond donors (Lipinski definition) is 2. The second-order valence-electron chi connectivity index (χ2n) is 4.24. The van der Waals surface area contributed by atoms with Crippen LogP contribution in [0.15, 0.2) is 18.2 Å². The third-order valence-electron chi connectivity index (χ3n) is 2.52. The first kappa shape index (κ1) is 11.6. The quantitative estimate of drug-likeness (QED) is 0.837. The second-order valence-corrected chi connectivity index (χ2v) is 4.24. The fraction of sp³-hybridized carbons (Fsp3) is 0.333. The molecule has 2 rings (SSSR count). The summed E-state index contributed by atoms with van der Waals surface area (Å²) in [4.78, 5) is 19.8. The van der Waals surface area contributed by atoms with E-state index in [0.717, 1.165) is 22.4 Å². The van der Waals surface area contributed by atoms with Crippen LogP contribution in [0.4, 0.5) is 0 Å². The number of aliphatic carboxylic acids is 1. The van der Waals surface area contributed by atoms with Crippen molar-refractivity contribution in [2.45, 2.75) is 13.5 Å². The maximum atomic E-state index is 10.6. The van der Waals surface area contributed by atoms with Crippen LogP contribution in [-0.2, 0) is 11.3 Å². The van der Waals surface area contributed by atoms with E-state index in [1.54, 1.807) is 11.9 Å². The van der Waals surface area contributed by atoms with Crippen molar-refractivity contribution in [2.75, 3.05) is 13.6 Å². The van der Waals surface area contributed by atoms with Crippen LogP contribution in [-0.4, -0.2) is 39.5 Å². The van der Waals surface area contributed by atoms with Gasteiger partial charge in [0.2, 0.25) is 0 Å². The number of carboxylic acid groups (broad SMARTS) is 1. The second kappa shape index (κ2) is 4.55. The highest BCUT2D eigenvalue weighted by molar-refractivity contribution is 5.75. The third kappa shape index (κ3) is 2.82. The Hall–Kier alpha value is -1.88. The van der Waals surface area contributed by atoms with Gasteiger partial charge in [0.1, 0.15) is 5.82 Å². The molecule has 0 bridgehead atoms. The van der Waals surface area contributed by atoms with Crippen LogP contribution >= 0.6 is 0 Å². The van der Waals surface area contributed by atoms with E-state index >= 15 is 0 Å². The average Bonchev–Trinajstić information content (AvgIpc) is 2.55. The number of carboxylic acids is 1. The number of rotatable bonds is 4. The molecular weight excluding hydrogens is 218 g/mol. The summed E-state index contributed by atoms with van der Waals surface area (Å²) in [6.07, 6.45) is 0. The molecular formula is C12H15N3O2. The molecule has 90 valence electrons. The van der Waals surface area contributed by atoms with Gasteiger partial charge in [-0.1, -0.05) is 6.07 Å². The number of H-pyrrole nitrogens is 1. The Morgan fingerprint density at radius 3 is 3.00 bits per heavy atom. The van der Waals surface area contributed by atoms with Crippen molar-refractivity contribution >= 4 is 17.0 Å². The largest absolute Gasteiger partial charge is 0.480 e. The van der Waals surface area contributed by atoms with Crippen LogP contribution in [0, 0.1) is 6.92 Å². The molecule has 1 aromatic carbocycles. The predicted octanol–water partition coefficient (Wildman–Crippen LogP) is 1.39. The Labute approximate surface area is 99.1 Å². The Bertz CT molecular complexity index is 548. The van der Waals surface area contributed by atoms with Crippen molar-refractivity contribution in [2.24, 2.45) is 0 Å². The zero-order chi connectivity index (χ0) is 12.4. The molecule has 0 aliphatic rings. The van der Waals surface area contributed by atoms with Crippen LogP contribution < -0.4 is 0 Å². The van der Waals surface area contributed by atoms with Gasteiger partial charge in [0.05, 0.1) is 17.6 Å². The summed E-state index contributed by atoms with van der Waals surface area (Å²) >= 11 is 0. The summed E-state index contributed by atoms with van der Waals surface area (Å²) in [7, 11) is 1.79. The summed E-state index contributed by atoms with van der Waals surface area (Å²) in [5.41, 5.74) is 3.00. The normalized spacial score (nSPS) is 11.2. The number of fused-ring (bicyclic) bond motifs is 1. The van der Waals surface area contributed by atoms with Gasteiger partial charge in [0, 0.05) is 6.54 Å². The van der Waals surface area contributed by atoms with E-state index in [1.165, 1.54) is 0 Å². The number of hydrogen-bond acceptors (Lipinski definition) is 3. The van der Waals surface area contributed by atoms with Gasteiger partial charge in [0.25, 0.3) is 0 Å². The first-order valence-corrected chi connectivity index (χ1v) is 5.40. The molecule has 0 fully saturated rings. The number of carbonyl (C=O) groups is 1. The number of nitrogens with zero attached hydrogens (tertiary/aromatic N) is 2. The van der Waals surface area contributed by atoms with Gasteiger partial charge in [-0.2, -0.15) is 0 Å². The lowest BCUT2D eigenvalue weighted by molar-refractivity contribution is -0.138. The Kier molecular flexibility index (Phi) is 3.10. The van der Waals surface area contributed by atoms with Crippen molar-refractivity contribution in [1.82, 2.24) is 14.9 Å². The van der Waals surface area contributed by atoms with Crippen molar-refractivity contribution < 1.29 is 9.90 Å². The Morgan fingerprint density at radius 1 is 1.53 bits per heavy atom. The van der Waals surface area contributed by atoms with Gasteiger partial charge in [-0.25, -0.2) is 4.98 Å². The van der Waals surface area contributed by atoms with Crippen molar-refractivity contribution in [3.8, 4) is 0 Å². The highest BCUT2D eigenvalue weighted by Crippen LogP contribution is 2.14. The van der Waals surface area contributed by atoms with Crippen LogP contribution in [0.5, 0.6) is 0 Å². The molecule has 0 spiro atoms. The summed E-state index contributed by atoms with van der Waals surface area (Å²) < 4.78 is 0. The van der Waals surface area contributed by atoms with Gasteiger partial charge in [-0.15, -0.1) is 0 Å². The van der Waals surface area contributed by atoms with Gasteiger partial charge in [-0.3, -0.25) is 9.69 Å². The molecule has 5 nitrogen and oxygen atoms in total. The SMILES string of the molecule is Cc1nc2ccc(CN(C)CC(=O)O)cc2[nH]1. The molecule has 0 radical (unpaired) electrons. The van der Waals surface area contributed by atoms with E-state index in [2.05, 4.69) is 9.97 Å². The van der Waals surface area contributed by atoms with Crippen molar-refractivity contribution in [3.63, 3.8) is 0 Å². The third-order valence-corrected chi connectivity index (χ3v) is 2.52. The van der Waals surface area contributed by atoms with E-state index < -0.39 is 5.97 Å². The lowest BCUT2D eigenvalue weighted by Crippen LogP contribution is -2.25. The van der Waals surface area contributed by atoms with Crippen LogP contribution in [0.25, 0.3) is 11.0 Å². The minimum atomic E-state index is -0.814. The predicted molar refractivity (Wildman–Crippen MR) is 64.8 cm³/mol. The highest BCUT2D eigenvalue weighted by atomic mass is 16.4. The van der Waals surface area contributed by atoms with E-state index in [-0.39, 0.29) is 6.54 Å². The molecule has 1 aromatic heterocycles. The van der Waals surface area contributed by atoms with Gasteiger partial charge >= 0.3 is 5.97 Å². The number of aromatic amines is 1. The molecule has 0 amide bonds. The number of aromatic nitrogens is 2. The molecule has 5 heteroatoms. The molecule has 0 saturated heterocycles. The standard InChI is InChI=1S/C12H15N3O2/c1-8-13-10-4-3-9(5-11(10)14-8)6-15(2)7-12(16)17/h3-5H,6-7H2,1-2H3,(H,13,14)(H,16,17). The molecule has 0 atom stereocenters. The number of likely N-dealkylation sites (N-methyl/N-ethyl adjacent to an activating group) is 1. The minimum Gasteiger partial charge on any atom is -0.480 e. The van der Waals surface area contributed by atoms with E-state index in [1.807, 2.05) is 25.1 Å². The first-order chi connectivity index (χ1) is 8.04. The van der Waals surface area contributed by atoms with Crippen molar-refractivity contribution in [3.05, 3.63) is 29.6 Å². The Morgan fingerprint density at radius 2 is 2.29 bits per heavy atom. The number of nitrogens with one attached hydrogen (secondary N) is 1. The topological polar surface area (TPSA) is 69.2 Å². The zero-order valence-corrected chi connectivity index (χ0v) is 9.90. The summed E-state index contributed by atoms with van der Waals surface area (Å²) in [5, 5.41) is 8.68. The molecule has 17 heavy (non-hydrogen) atoms. The molecule has 0 aliphatic heterocycles. The minimum absolute atomic E-state index is 0.0417. The summed E-state index contributed by atoms with van der Waals surface area (Å²) in [6.45, 7) is 2.57. The highest BCUT2D eigenvalue weighted by Gasteiger charge is 2.06. The Balaban J connectivity index is 2.16. The van der Waals surface area contributed by atoms with Crippen LogP contribution in [0.2, 0.25) is 0 Å². The zero-order valence-electron chi connectivity index (χ0n) is 9.90. The van der Waals surface area contributed by atoms with Crippen LogP contribution in [0.3, 0.4) is 0 Å². The van der Waals surface area contributed by atoms with Gasteiger partial charge in [0.15, 0.2) is 0 Å². The maximum absolute atomic E-state index is 10.6. The molecule has 0 unspecified atom stereocenters. The van der Waals surface area contributed by atoms with E-state index in [4.69, 9.17) is 5.11 Å². The number of benzene rings is 1. The van der Waals surface area contributed by atoms with Crippen molar-refractivity contribution in [1.29, 1.82) is 0 Å². The molecule has 0 saturated carbocycles. The van der Waals surface area contributed by atoms with Gasteiger partial charge in [-0.05, 0) is 31.7 Å². The lowest BCUT2D eigenvalue weighted by Gasteiger charge is -2.13. The van der Waals surface area contributed by atoms with E-state index in [9.17, 15) is 4.79 Å². The smallest absolute Gasteiger partial charge is 0.317 e. The fourth-order valence-electron chi connectivity index (χ4n) is 1.88. The molecule has 1 heterocycles. The summed E-state index contributed by atoms with van der Waals surface area (Å²) in [6, 6.07) is 5.93. The lowest BCUT2D eigenvalue weighted by atomic mass is 10.2. The molecule has 0 aliphatic carbocycles. The fourth-order valence-corrected chi connectivity index (χ4v) is 1.88.